The normalized spacial score (nSPS) is 15.4. The van der Waals surface area contributed by atoms with E-state index in [1.54, 1.807) is 24.3 Å². The molecule has 0 aromatic heterocycles. The summed E-state index contributed by atoms with van der Waals surface area (Å²) in [5.41, 5.74) is 0.554. The molecule has 0 spiro atoms. The third-order valence-electron chi connectivity index (χ3n) is 3.67. The van der Waals surface area contributed by atoms with Gasteiger partial charge in [0.15, 0.2) is 0 Å². The van der Waals surface area contributed by atoms with Gasteiger partial charge in [0, 0.05) is 10.6 Å². The van der Waals surface area contributed by atoms with Crippen LogP contribution in [0.25, 0.3) is 6.08 Å². The van der Waals surface area contributed by atoms with Crippen molar-refractivity contribution in [1.82, 2.24) is 4.90 Å². The Hall–Kier alpha value is -2.19. The highest BCUT2D eigenvalue weighted by molar-refractivity contribution is 8.18. The van der Waals surface area contributed by atoms with Gasteiger partial charge in [-0.1, -0.05) is 46.9 Å². The smallest absolute Gasteiger partial charge is 0.294 e. The zero-order chi connectivity index (χ0) is 20.4. The SMILES string of the molecule is O=C(CN1C(=O)S/C(=C/c2cc(Cl)cc(Cl)c2O)C1=O)Nc1ccccc1Cl. The van der Waals surface area contributed by atoms with Gasteiger partial charge in [-0.05, 0) is 42.1 Å². The Labute approximate surface area is 179 Å². The zero-order valence-corrected chi connectivity index (χ0v) is 17.0. The van der Waals surface area contributed by atoms with Crippen LogP contribution in [-0.4, -0.2) is 33.6 Å². The summed E-state index contributed by atoms with van der Waals surface area (Å²) in [6.45, 7) is -0.477. The van der Waals surface area contributed by atoms with Crippen LogP contribution in [-0.2, 0) is 9.59 Å². The number of imide groups is 1. The lowest BCUT2D eigenvalue weighted by molar-refractivity contribution is -0.127. The summed E-state index contributed by atoms with van der Waals surface area (Å²) in [4.78, 5) is 37.7. The number of hydrogen-bond donors (Lipinski definition) is 2. The summed E-state index contributed by atoms with van der Waals surface area (Å²) in [5, 5.41) is 12.5. The van der Waals surface area contributed by atoms with E-state index < -0.39 is 23.6 Å². The average molecular weight is 458 g/mol. The molecule has 1 aliphatic heterocycles. The number of amides is 3. The monoisotopic (exact) mass is 456 g/mol. The maximum absolute atomic E-state index is 12.5. The largest absolute Gasteiger partial charge is 0.506 e. The number of rotatable bonds is 4. The van der Waals surface area contributed by atoms with Gasteiger partial charge in [0.25, 0.3) is 11.1 Å². The molecule has 0 bridgehead atoms. The second-order valence-electron chi connectivity index (χ2n) is 5.62. The van der Waals surface area contributed by atoms with E-state index in [9.17, 15) is 19.5 Å². The van der Waals surface area contributed by atoms with E-state index in [4.69, 9.17) is 34.8 Å². The van der Waals surface area contributed by atoms with Crippen LogP contribution in [0.15, 0.2) is 41.3 Å². The molecule has 10 heteroatoms. The highest BCUT2D eigenvalue weighted by Crippen LogP contribution is 2.37. The molecule has 0 unspecified atom stereocenters. The number of nitrogens with zero attached hydrogens (tertiary/aromatic N) is 1. The van der Waals surface area contributed by atoms with E-state index in [2.05, 4.69) is 5.32 Å². The Morgan fingerprint density at radius 1 is 1.14 bits per heavy atom. The molecule has 2 aromatic carbocycles. The Kier molecular flexibility index (Phi) is 6.20. The van der Waals surface area contributed by atoms with E-state index >= 15 is 0 Å². The molecule has 2 aromatic rings. The quantitative estimate of drug-likeness (QED) is 0.629. The predicted molar refractivity (Wildman–Crippen MR) is 111 cm³/mol. The number of para-hydroxylation sites is 1. The number of phenols is 1. The molecular formula is C18H11Cl3N2O4S. The molecule has 0 atom stereocenters. The lowest BCUT2D eigenvalue weighted by atomic mass is 10.2. The van der Waals surface area contributed by atoms with Crippen molar-refractivity contribution in [3.05, 3.63) is 61.9 Å². The van der Waals surface area contributed by atoms with Crippen LogP contribution < -0.4 is 5.32 Å². The number of halogens is 3. The lowest BCUT2D eigenvalue weighted by Gasteiger charge is -2.13. The van der Waals surface area contributed by atoms with Crippen LogP contribution >= 0.6 is 46.6 Å². The Balaban J connectivity index is 1.77. The van der Waals surface area contributed by atoms with E-state index in [0.717, 1.165) is 4.90 Å². The Morgan fingerprint density at radius 2 is 1.86 bits per heavy atom. The number of phenolic OH excluding ortho intramolecular Hbond substituents is 1. The van der Waals surface area contributed by atoms with Gasteiger partial charge in [-0.25, -0.2) is 0 Å². The molecule has 0 saturated carbocycles. The van der Waals surface area contributed by atoms with Crippen LogP contribution in [0.5, 0.6) is 5.75 Å². The molecule has 1 aliphatic rings. The second-order valence-corrected chi connectivity index (χ2v) is 7.87. The molecule has 6 nitrogen and oxygen atoms in total. The highest BCUT2D eigenvalue weighted by atomic mass is 35.5. The molecule has 3 rings (SSSR count). The van der Waals surface area contributed by atoms with Crippen molar-refractivity contribution >= 4 is 75.4 Å². The van der Waals surface area contributed by atoms with Gasteiger partial charge in [0.1, 0.15) is 12.3 Å². The van der Waals surface area contributed by atoms with Gasteiger partial charge < -0.3 is 10.4 Å². The van der Waals surface area contributed by atoms with E-state index in [0.29, 0.717) is 22.5 Å². The van der Waals surface area contributed by atoms with Crippen LogP contribution in [0.2, 0.25) is 15.1 Å². The summed E-state index contributed by atoms with van der Waals surface area (Å²) in [5.74, 6) is -1.51. The molecule has 1 saturated heterocycles. The molecule has 1 heterocycles. The molecular weight excluding hydrogens is 447 g/mol. The van der Waals surface area contributed by atoms with Crippen molar-refractivity contribution < 1.29 is 19.5 Å². The topological polar surface area (TPSA) is 86.7 Å². The minimum atomic E-state index is -0.667. The van der Waals surface area contributed by atoms with Crippen molar-refractivity contribution in [3.8, 4) is 5.75 Å². The predicted octanol–water partition coefficient (Wildman–Crippen LogP) is 5.03. The van der Waals surface area contributed by atoms with Gasteiger partial charge in [0.05, 0.1) is 20.6 Å². The van der Waals surface area contributed by atoms with Crippen LogP contribution in [0.1, 0.15) is 5.56 Å². The first kappa shape index (κ1) is 20.5. The zero-order valence-electron chi connectivity index (χ0n) is 13.9. The Bertz CT molecular complexity index is 1030. The number of carbonyl (C=O) groups is 3. The minimum Gasteiger partial charge on any atom is -0.506 e. The third kappa shape index (κ3) is 4.44. The van der Waals surface area contributed by atoms with E-state index in [1.807, 2.05) is 0 Å². The number of anilines is 1. The Morgan fingerprint density at radius 3 is 2.57 bits per heavy atom. The fourth-order valence-electron chi connectivity index (χ4n) is 2.37. The molecule has 2 N–H and O–H groups in total. The molecule has 144 valence electrons. The standard InChI is InChI=1S/C18H11Cl3N2O4S/c19-10-5-9(16(25)12(21)7-10)6-14-17(26)23(18(27)28-14)8-15(24)22-13-4-2-1-3-11(13)20/h1-7,25H,8H2,(H,22,24)/b14-6+. The molecule has 3 amide bonds. The van der Waals surface area contributed by atoms with Crippen molar-refractivity contribution in [2.24, 2.45) is 0 Å². The average Bonchev–Trinajstić information content (AvgIpc) is 2.88. The van der Waals surface area contributed by atoms with Crippen molar-refractivity contribution in [1.29, 1.82) is 0 Å². The summed E-state index contributed by atoms with van der Waals surface area (Å²) >= 11 is 18.4. The van der Waals surface area contributed by atoms with Crippen molar-refractivity contribution in [3.63, 3.8) is 0 Å². The van der Waals surface area contributed by atoms with Gasteiger partial charge in [-0.2, -0.15) is 0 Å². The van der Waals surface area contributed by atoms with Gasteiger partial charge in [-0.3, -0.25) is 19.3 Å². The summed E-state index contributed by atoms with van der Waals surface area (Å²) in [7, 11) is 0. The number of hydrogen-bond acceptors (Lipinski definition) is 5. The number of carbonyl (C=O) groups excluding carboxylic acids is 3. The summed E-state index contributed by atoms with van der Waals surface area (Å²) in [6, 6.07) is 9.34. The van der Waals surface area contributed by atoms with Crippen LogP contribution in [0.4, 0.5) is 10.5 Å². The molecule has 0 aliphatic carbocycles. The lowest BCUT2D eigenvalue weighted by Crippen LogP contribution is -2.36. The first-order valence-corrected chi connectivity index (χ1v) is 9.69. The van der Waals surface area contributed by atoms with E-state index in [-0.39, 0.29) is 26.3 Å². The summed E-state index contributed by atoms with van der Waals surface area (Å²) < 4.78 is 0. The highest BCUT2D eigenvalue weighted by Gasteiger charge is 2.36. The second kappa shape index (κ2) is 8.45. The van der Waals surface area contributed by atoms with E-state index in [1.165, 1.54) is 18.2 Å². The van der Waals surface area contributed by atoms with Gasteiger partial charge in [-0.15, -0.1) is 0 Å². The minimum absolute atomic E-state index is 0.0112. The fourth-order valence-corrected chi connectivity index (χ4v) is 3.89. The summed E-state index contributed by atoms with van der Waals surface area (Å²) in [6.07, 6.45) is 1.30. The number of thioether (sulfide) groups is 1. The first-order valence-electron chi connectivity index (χ1n) is 7.74. The number of aromatic hydroxyl groups is 1. The van der Waals surface area contributed by atoms with Crippen LogP contribution in [0.3, 0.4) is 0 Å². The van der Waals surface area contributed by atoms with Crippen molar-refractivity contribution in [2.75, 3.05) is 11.9 Å². The first-order chi connectivity index (χ1) is 13.3. The van der Waals surface area contributed by atoms with Crippen LogP contribution in [0, 0.1) is 0 Å². The molecule has 0 radical (unpaired) electrons. The van der Waals surface area contributed by atoms with Crippen molar-refractivity contribution in [2.45, 2.75) is 0 Å². The maximum atomic E-state index is 12.5. The molecule has 1 fully saturated rings. The number of nitrogens with one attached hydrogen (secondary N) is 1. The maximum Gasteiger partial charge on any atom is 0.294 e. The number of benzene rings is 2. The fraction of sp³-hybridized carbons (Fsp3) is 0.0556. The van der Waals surface area contributed by atoms with Gasteiger partial charge in [0.2, 0.25) is 5.91 Å². The van der Waals surface area contributed by atoms with Gasteiger partial charge >= 0.3 is 0 Å². The molecule has 28 heavy (non-hydrogen) atoms. The third-order valence-corrected chi connectivity index (χ3v) is 5.41.